The number of hydrogen-bond acceptors (Lipinski definition) is 23. The van der Waals surface area contributed by atoms with Crippen molar-refractivity contribution in [1.29, 1.82) is 0 Å². The normalized spacial score (nSPS) is 17.5. The Morgan fingerprint density at radius 3 is 1.72 bits per heavy atom. The number of hydrogen-bond donors (Lipinski definition) is 19. The summed E-state index contributed by atoms with van der Waals surface area (Å²) >= 11 is 0. The summed E-state index contributed by atoms with van der Waals surface area (Å²) in [6, 6.07) is 5.79. The molecule has 5 rings (SSSR count). The van der Waals surface area contributed by atoms with Crippen LogP contribution >= 0.6 is 0 Å². The molecule has 29 heteroatoms. The number of rotatable bonds is 12. The maximum absolute atomic E-state index is 14.3. The number of anilines is 1. The first kappa shape index (κ1) is 48.8. The molecule has 1 fully saturated rings. The lowest BCUT2D eigenvalue weighted by Crippen LogP contribution is -2.63. The summed E-state index contributed by atoms with van der Waals surface area (Å²) in [5.74, 6) is -17.0. The zero-order valence-corrected chi connectivity index (χ0v) is 32.9. The van der Waals surface area contributed by atoms with Gasteiger partial charge in [0.2, 0.25) is 17.7 Å². The fourth-order valence-corrected chi connectivity index (χ4v) is 7.89. The van der Waals surface area contributed by atoms with Gasteiger partial charge in [-0.1, -0.05) is 24.0 Å². The number of carbonyl (C=O) groups is 3. The molecule has 340 valence electrons. The third-order valence-corrected chi connectivity index (χ3v) is 11.0. The summed E-state index contributed by atoms with van der Waals surface area (Å²) in [5.41, 5.74) is -3.99. The average Bonchev–Trinajstić information content (AvgIpc) is 3.43. The number of nitrogens with two attached hydrogens (primary N) is 1. The van der Waals surface area contributed by atoms with Crippen molar-refractivity contribution in [1.82, 2.24) is 5.32 Å². The maximum atomic E-state index is 14.3. The van der Waals surface area contributed by atoms with Crippen molar-refractivity contribution in [3.8, 4) is 69.3 Å². The van der Waals surface area contributed by atoms with Crippen LogP contribution in [0.2, 0.25) is 0 Å². The molecule has 4 aromatic rings. The molecule has 20 N–H and O–H groups in total. The fraction of sp³-hybridized carbons (Fsp3) is 0.194. The van der Waals surface area contributed by atoms with E-state index in [4.69, 9.17) is 36.7 Å². The number of aromatic hydroxyl groups is 8. The highest BCUT2D eigenvalue weighted by atomic mass is 32.2. The van der Waals surface area contributed by atoms with Crippen molar-refractivity contribution in [2.75, 3.05) is 4.90 Å². The minimum atomic E-state index is -4.08. The Labute approximate surface area is 366 Å². The Balaban J connectivity index is 1.55. The summed E-state index contributed by atoms with van der Waals surface area (Å²) in [6.45, 7) is 0. The lowest BCUT2D eigenvalue weighted by Gasteiger charge is -2.38. The highest BCUT2D eigenvalue weighted by molar-refractivity contribution is 7.87. The van der Waals surface area contributed by atoms with Crippen LogP contribution in [0.4, 0.5) is 5.69 Å². The van der Waals surface area contributed by atoms with Crippen LogP contribution in [-0.2, 0) is 25.9 Å². The van der Waals surface area contributed by atoms with Gasteiger partial charge in [-0.25, -0.2) is 0 Å². The van der Waals surface area contributed by atoms with Crippen molar-refractivity contribution in [2.24, 2.45) is 5.73 Å². The van der Waals surface area contributed by atoms with Crippen LogP contribution in [-0.4, -0.2) is 148 Å². The number of ether oxygens (including phenoxy) is 2. The molecular weight excluding hydrogens is 896 g/mol. The molecule has 0 aliphatic carbocycles. The van der Waals surface area contributed by atoms with E-state index in [2.05, 4.69) is 9.47 Å². The first-order valence-electron chi connectivity index (χ1n) is 17.3. The second kappa shape index (κ2) is 17.0. The minimum Gasteiger partial charge on any atom is -0.505 e. The Bertz CT molecular complexity index is 2670. The van der Waals surface area contributed by atoms with Crippen molar-refractivity contribution in [3.63, 3.8) is 0 Å². The number of primary amides is 1. The first-order chi connectivity index (χ1) is 29.8. The van der Waals surface area contributed by atoms with Gasteiger partial charge in [0, 0.05) is 11.3 Å². The summed E-state index contributed by atoms with van der Waals surface area (Å²) < 4.78 is 22.9. The van der Waals surface area contributed by atoms with E-state index < -0.39 is 155 Å². The number of carbonyl (C=O) groups excluding carboxylic acids is 3. The number of nitrogens with zero attached hydrogens (tertiary/aromatic N) is 1. The van der Waals surface area contributed by atoms with E-state index >= 15 is 0 Å². The molecule has 0 bridgehead atoms. The van der Waals surface area contributed by atoms with E-state index in [1.165, 1.54) is 5.32 Å². The molecule has 26 nitrogen and oxygen atoms in total. The van der Waals surface area contributed by atoms with Crippen LogP contribution in [0, 0.1) is 11.8 Å². The van der Waals surface area contributed by atoms with Crippen LogP contribution in [0.5, 0.6) is 57.5 Å². The molecule has 0 saturated carbocycles. The minimum absolute atomic E-state index is 0.288. The topological polar surface area (TPSA) is 472 Å². The summed E-state index contributed by atoms with van der Waals surface area (Å²) in [6.07, 6.45) is -9.44. The van der Waals surface area contributed by atoms with Gasteiger partial charge in [0.05, 0.1) is 22.8 Å². The molecule has 4 aromatic carbocycles. The number of benzene rings is 4. The number of phenolic OH excluding ortho intramolecular Hbond substituents is 8. The quantitative estimate of drug-likeness (QED) is 0.0207. The van der Waals surface area contributed by atoms with E-state index in [-0.39, 0.29) is 11.3 Å². The van der Waals surface area contributed by atoms with Crippen LogP contribution in [0.1, 0.15) is 44.4 Å². The number of aliphatic hydroxyl groups is 9. The number of phenols is 8. The van der Waals surface area contributed by atoms with E-state index in [0.29, 0.717) is 23.1 Å². The molecule has 0 aromatic heterocycles. The Morgan fingerprint density at radius 1 is 0.738 bits per heavy atom. The van der Waals surface area contributed by atoms with Gasteiger partial charge in [0.25, 0.3) is 5.91 Å². The van der Waals surface area contributed by atoms with Gasteiger partial charge in [-0.05, 0) is 41.4 Å². The van der Waals surface area contributed by atoms with E-state index in [9.17, 15) is 90.1 Å². The molecule has 1 saturated heterocycles. The van der Waals surface area contributed by atoms with Crippen LogP contribution in [0.15, 0.2) is 42.5 Å². The lowest BCUT2D eigenvalue weighted by molar-refractivity contribution is -0.428. The Morgan fingerprint density at radius 2 is 1.23 bits per heavy atom. The maximum Gasteiger partial charge on any atom is 0.453 e. The van der Waals surface area contributed by atoms with Crippen LogP contribution in [0.25, 0.3) is 0 Å². The van der Waals surface area contributed by atoms with Gasteiger partial charge < -0.3 is 107 Å². The predicted molar refractivity (Wildman–Crippen MR) is 211 cm³/mol. The average molecular weight is 927 g/mol. The molecule has 1 aliphatic heterocycles. The highest BCUT2D eigenvalue weighted by Crippen LogP contribution is 2.54. The van der Waals surface area contributed by atoms with Gasteiger partial charge in [-0.2, -0.15) is 0 Å². The lowest BCUT2D eigenvalue weighted by atomic mass is 9.72. The summed E-state index contributed by atoms with van der Waals surface area (Å²) in [5, 5.41) is 170. The summed E-state index contributed by atoms with van der Waals surface area (Å²) in [7, 11) is 8.09. The third-order valence-electron chi connectivity index (χ3n) is 9.17. The molecule has 3 amide bonds. The monoisotopic (exact) mass is 927 g/mol. The third kappa shape index (κ3) is 9.38. The van der Waals surface area contributed by atoms with E-state index in [1.54, 1.807) is 0 Å². The predicted octanol–water partition coefficient (Wildman–Crippen LogP) is -6.12. The summed E-state index contributed by atoms with van der Waals surface area (Å²) in [4.78, 5) is 40.1. The first-order valence-corrected chi connectivity index (χ1v) is 18.6. The van der Waals surface area contributed by atoms with Gasteiger partial charge in [-0.3, -0.25) is 23.5 Å². The van der Waals surface area contributed by atoms with Gasteiger partial charge >= 0.3 is 12.3 Å². The van der Waals surface area contributed by atoms with Gasteiger partial charge in [0.15, 0.2) is 57.5 Å². The second-order valence-corrected chi connectivity index (χ2v) is 15.3. The van der Waals surface area contributed by atoms with Crippen molar-refractivity contribution >= 4 is 55.4 Å². The molecule has 0 spiro atoms. The molecular formula is C36H31B2N3O23S. The highest BCUT2D eigenvalue weighted by Gasteiger charge is 2.53. The molecule has 1 heterocycles. The smallest absolute Gasteiger partial charge is 0.453 e. The Kier molecular flexibility index (Phi) is 12.8. The van der Waals surface area contributed by atoms with Crippen molar-refractivity contribution in [2.45, 2.75) is 40.8 Å². The fourth-order valence-electron chi connectivity index (χ4n) is 6.06. The zero-order valence-electron chi connectivity index (χ0n) is 32.0. The standard InChI is InChI=1S/C36H31B2N3O23S/c37-21-28(49)24(45)15(25(46)29(21)50)6-5-14-22(43)26(47)20(27(48)23(14)44)32-41(13-3-1-2-11(8-13)30(39)51)31(52)18(65(32)62)10-19(42)40-34(54,55)33(38,53)12-4-7-16(63-35(56,57)58)17(9-12)64-36(59,60)61/h1-4,7-9,18,32,43-50,53-61H,10H2,(H2,39,51)(H,40,42). The van der Waals surface area contributed by atoms with E-state index in [0.717, 1.165) is 24.3 Å². The van der Waals surface area contributed by atoms with Gasteiger partial charge in [0.1, 0.15) is 42.9 Å². The molecule has 1 aliphatic rings. The number of nitrogens with one attached hydrogen (secondary N) is 1. The molecule has 4 unspecified atom stereocenters. The SMILES string of the molecule is [B]c1c(O)c(O)c(C#Cc2c(O)c(O)c(C3N(c4cccc(C(N)=O)c4)C(=O)C(CC(=O)NC(O)(O)C([B])(O)c4ccc(OC(O)(O)O)c(OC(O)(O)O)c4)S3=O)c(O)c2O)c(O)c1O. The van der Waals surface area contributed by atoms with Crippen LogP contribution < -0.4 is 30.9 Å². The number of amides is 3. The molecule has 65 heavy (non-hydrogen) atoms. The molecule has 4 atom stereocenters. The van der Waals surface area contributed by atoms with Crippen LogP contribution in [0.3, 0.4) is 0 Å². The van der Waals surface area contributed by atoms with Gasteiger partial charge in [-0.15, -0.1) is 0 Å². The zero-order chi connectivity index (χ0) is 49.0. The van der Waals surface area contributed by atoms with Crippen molar-refractivity contribution in [3.05, 3.63) is 70.3 Å². The molecule has 4 radical (unpaired) electrons. The van der Waals surface area contributed by atoms with E-state index in [1.807, 2.05) is 11.8 Å². The second-order valence-electron chi connectivity index (χ2n) is 13.6. The Hall–Kier alpha value is -7.23. The largest absolute Gasteiger partial charge is 0.505 e. The van der Waals surface area contributed by atoms with Crippen molar-refractivity contribution < 1.29 is 115 Å².